The Morgan fingerprint density at radius 3 is 2.77 bits per heavy atom. The maximum absolute atomic E-state index is 10.3. The first kappa shape index (κ1) is 9.67. The lowest BCUT2D eigenvalue weighted by Crippen LogP contribution is -2.25. The Bertz CT molecular complexity index is 274. The van der Waals surface area contributed by atoms with Crippen molar-refractivity contribution in [2.24, 2.45) is 0 Å². The molecule has 0 unspecified atom stereocenters. The maximum Gasteiger partial charge on any atom is 0.317 e. The van der Waals surface area contributed by atoms with Crippen LogP contribution in [0.5, 0.6) is 0 Å². The number of nitrogens with one attached hydrogen (secondary N) is 1. The third kappa shape index (κ3) is 3.21. The zero-order valence-electron chi connectivity index (χ0n) is 7.40. The first-order valence-electron chi connectivity index (χ1n) is 4.05. The molecule has 2 N–H and O–H groups in total. The first-order valence-corrected chi connectivity index (χ1v) is 4.05. The monoisotopic (exact) mass is 180 g/mol. The normalized spacial score (nSPS) is 12.4. The Hall–Kier alpha value is -1.42. The fourth-order valence-corrected chi connectivity index (χ4v) is 1.01. The van der Waals surface area contributed by atoms with E-state index in [0.717, 1.165) is 5.56 Å². The molecule has 4 nitrogen and oxygen atoms in total. The van der Waals surface area contributed by atoms with Gasteiger partial charge in [-0.15, -0.1) is 0 Å². The Morgan fingerprint density at radius 2 is 2.23 bits per heavy atom. The number of carboxylic acid groups (broad SMARTS) is 1. The van der Waals surface area contributed by atoms with E-state index in [-0.39, 0.29) is 12.6 Å². The first-order chi connectivity index (χ1) is 6.20. The highest BCUT2D eigenvalue weighted by Crippen LogP contribution is 2.08. The van der Waals surface area contributed by atoms with Crippen molar-refractivity contribution in [1.29, 1.82) is 0 Å². The van der Waals surface area contributed by atoms with Gasteiger partial charge in [0.2, 0.25) is 0 Å². The Morgan fingerprint density at radius 1 is 1.62 bits per heavy atom. The van der Waals surface area contributed by atoms with Crippen molar-refractivity contribution in [2.45, 2.75) is 13.0 Å². The zero-order chi connectivity index (χ0) is 9.68. The van der Waals surface area contributed by atoms with Crippen molar-refractivity contribution >= 4 is 5.97 Å². The molecule has 70 valence electrons. The van der Waals surface area contributed by atoms with Gasteiger partial charge in [0, 0.05) is 18.4 Å². The van der Waals surface area contributed by atoms with Crippen LogP contribution in [0.25, 0.3) is 0 Å². The molecule has 0 aromatic carbocycles. The van der Waals surface area contributed by atoms with Crippen LogP contribution in [-0.4, -0.2) is 22.6 Å². The van der Waals surface area contributed by atoms with E-state index in [1.54, 1.807) is 12.4 Å². The molecule has 1 atom stereocenters. The molecule has 0 aliphatic rings. The third-order valence-corrected chi connectivity index (χ3v) is 1.77. The van der Waals surface area contributed by atoms with Gasteiger partial charge in [-0.2, -0.15) is 0 Å². The van der Waals surface area contributed by atoms with E-state index in [9.17, 15) is 4.79 Å². The van der Waals surface area contributed by atoms with E-state index < -0.39 is 5.97 Å². The van der Waals surface area contributed by atoms with Crippen LogP contribution in [0.3, 0.4) is 0 Å². The molecule has 0 amide bonds. The highest BCUT2D eigenvalue weighted by atomic mass is 16.4. The minimum Gasteiger partial charge on any atom is -0.480 e. The average molecular weight is 180 g/mol. The summed E-state index contributed by atoms with van der Waals surface area (Å²) >= 11 is 0. The number of hydrogen-bond acceptors (Lipinski definition) is 3. The highest BCUT2D eigenvalue weighted by molar-refractivity contribution is 5.69. The minimum absolute atomic E-state index is 0.0243. The van der Waals surface area contributed by atoms with Crippen molar-refractivity contribution in [1.82, 2.24) is 10.3 Å². The molecule has 0 spiro atoms. The summed E-state index contributed by atoms with van der Waals surface area (Å²) in [6, 6.07) is 3.76. The summed E-state index contributed by atoms with van der Waals surface area (Å²) in [6.45, 7) is 1.89. The van der Waals surface area contributed by atoms with Crippen LogP contribution >= 0.6 is 0 Å². The molecule has 0 bridgehead atoms. The van der Waals surface area contributed by atoms with Gasteiger partial charge in [-0.25, -0.2) is 0 Å². The second-order valence-corrected chi connectivity index (χ2v) is 2.78. The van der Waals surface area contributed by atoms with Gasteiger partial charge in [0.05, 0.1) is 6.54 Å². The zero-order valence-corrected chi connectivity index (χ0v) is 7.40. The topological polar surface area (TPSA) is 62.2 Å². The summed E-state index contributed by atoms with van der Waals surface area (Å²) in [7, 11) is 0. The molecule has 0 aliphatic carbocycles. The predicted octanol–water partition coefficient (Wildman–Crippen LogP) is 0.817. The largest absolute Gasteiger partial charge is 0.480 e. The third-order valence-electron chi connectivity index (χ3n) is 1.77. The predicted molar refractivity (Wildman–Crippen MR) is 48.3 cm³/mol. The molecule has 0 fully saturated rings. The van der Waals surface area contributed by atoms with Crippen LogP contribution in [0.4, 0.5) is 0 Å². The fourth-order valence-electron chi connectivity index (χ4n) is 1.01. The summed E-state index contributed by atoms with van der Waals surface area (Å²) < 4.78 is 0. The number of aliphatic carboxylic acids is 1. The Balaban J connectivity index is 2.49. The van der Waals surface area contributed by atoms with Gasteiger partial charge >= 0.3 is 5.97 Å². The molecular formula is C9H12N2O2. The van der Waals surface area contributed by atoms with E-state index in [0.29, 0.717) is 0 Å². The molecule has 4 heteroatoms. The molecular weight excluding hydrogens is 168 g/mol. The molecule has 0 saturated heterocycles. The van der Waals surface area contributed by atoms with Crippen LogP contribution in [0, 0.1) is 0 Å². The van der Waals surface area contributed by atoms with E-state index in [1.807, 2.05) is 19.1 Å². The van der Waals surface area contributed by atoms with Crippen molar-refractivity contribution in [3.05, 3.63) is 30.1 Å². The standard InChI is InChI=1S/C9H12N2O2/c1-7(11-6-9(12)13)8-2-4-10-5-3-8/h2-5,7,11H,6H2,1H3,(H,12,13)/t7-/m0/s1. The van der Waals surface area contributed by atoms with Crippen LogP contribution in [0.1, 0.15) is 18.5 Å². The molecule has 0 radical (unpaired) electrons. The summed E-state index contributed by atoms with van der Waals surface area (Å²) in [5.41, 5.74) is 1.04. The molecule has 1 rings (SSSR count). The maximum atomic E-state index is 10.3. The molecule has 13 heavy (non-hydrogen) atoms. The minimum atomic E-state index is -0.846. The molecule has 1 aromatic heterocycles. The van der Waals surface area contributed by atoms with E-state index in [1.165, 1.54) is 0 Å². The lowest BCUT2D eigenvalue weighted by molar-refractivity contribution is -0.136. The van der Waals surface area contributed by atoms with Gasteiger partial charge in [0.1, 0.15) is 0 Å². The molecule has 1 aromatic rings. The number of carboxylic acids is 1. The number of aromatic nitrogens is 1. The molecule has 0 saturated carbocycles. The van der Waals surface area contributed by atoms with Crippen LogP contribution in [-0.2, 0) is 4.79 Å². The Labute approximate surface area is 76.6 Å². The van der Waals surface area contributed by atoms with E-state index in [4.69, 9.17) is 5.11 Å². The number of nitrogens with zero attached hydrogens (tertiary/aromatic N) is 1. The number of carbonyl (C=O) groups is 1. The average Bonchev–Trinajstić information content (AvgIpc) is 2.15. The molecule has 0 aliphatic heterocycles. The fraction of sp³-hybridized carbons (Fsp3) is 0.333. The van der Waals surface area contributed by atoms with Gasteiger partial charge < -0.3 is 10.4 Å². The van der Waals surface area contributed by atoms with E-state index >= 15 is 0 Å². The van der Waals surface area contributed by atoms with Crippen molar-refractivity contribution in [2.75, 3.05) is 6.54 Å². The van der Waals surface area contributed by atoms with Gasteiger partial charge in [-0.3, -0.25) is 9.78 Å². The quantitative estimate of drug-likeness (QED) is 0.720. The van der Waals surface area contributed by atoms with Crippen molar-refractivity contribution < 1.29 is 9.90 Å². The van der Waals surface area contributed by atoms with Crippen LogP contribution < -0.4 is 5.32 Å². The highest BCUT2D eigenvalue weighted by Gasteiger charge is 2.05. The molecule has 1 heterocycles. The number of rotatable bonds is 4. The van der Waals surface area contributed by atoms with Crippen molar-refractivity contribution in [3.63, 3.8) is 0 Å². The second kappa shape index (κ2) is 4.57. The van der Waals surface area contributed by atoms with Crippen molar-refractivity contribution in [3.8, 4) is 0 Å². The summed E-state index contributed by atoms with van der Waals surface area (Å²) in [5, 5.41) is 11.3. The second-order valence-electron chi connectivity index (χ2n) is 2.78. The Kier molecular flexibility index (Phi) is 3.40. The summed E-state index contributed by atoms with van der Waals surface area (Å²) in [4.78, 5) is 14.1. The van der Waals surface area contributed by atoms with Crippen LogP contribution in [0.15, 0.2) is 24.5 Å². The summed E-state index contributed by atoms with van der Waals surface area (Å²) in [6.07, 6.45) is 3.38. The SMILES string of the molecule is C[C@H](NCC(=O)O)c1ccncc1. The van der Waals surface area contributed by atoms with Crippen LogP contribution in [0.2, 0.25) is 0 Å². The number of pyridine rings is 1. The van der Waals surface area contributed by atoms with Gasteiger partial charge in [0.25, 0.3) is 0 Å². The van der Waals surface area contributed by atoms with E-state index in [2.05, 4.69) is 10.3 Å². The summed E-state index contributed by atoms with van der Waals surface area (Å²) in [5.74, 6) is -0.846. The lowest BCUT2D eigenvalue weighted by atomic mass is 10.1. The van der Waals surface area contributed by atoms with Gasteiger partial charge in [-0.05, 0) is 24.6 Å². The van der Waals surface area contributed by atoms with Gasteiger partial charge in [0.15, 0.2) is 0 Å². The smallest absolute Gasteiger partial charge is 0.317 e. The van der Waals surface area contributed by atoms with Gasteiger partial charge in [-0.1, -0.05) is 0 Å². The lowest BCUT2D eigenvalue weighted by Gasteiger charge is -2.11. The number of hydrogen-bond donors (Lipinski definition) is 2.